The molecule has 2 aliphatic heterocycles. The average Bonchev–Trinajstić information content (AvgIpc) is 2.77. The predicted molar refractivity (Wildman–Crippen MR) is 112 cm³/mol. The van der Waals surface area contributed by atoms with Crippen LogP contribution < -0.4 is 4.90 Å². The topological polar surface area (TPSA) is 69.1 Å². The lowest BCUT2D eigenvalue weighted by Gasteiger charge is -2.36. The number of hydrazone groups is 1. The van der Waals surface area contributed by atoms with Gasteiger partial charge in [-0.2, -0.15) is 5.10 Å². The molecule has 0 bridgehead atoms. The van der Waals surface area contributed by atoms with E-state index in [4.69, 9.17) is 11.6 Å². The van der Waals surface area contributed by atoms with Crippen molar-refractivity contribution < 1.29 is 14.0 Å². The smallest absolute Gasteiger partial charge is 0.270 e. The number of hydrogen-bond donors (Lipinski definition) is 0. The fourth-order valence-electron chi connectivity index (χ4n) is 3.52. The molecule has 0 atom stereocenters. The van der Waals surface area contributed by atoms with Crippen molar-refractivity contribution in [2.24, 2.45) is 5.10 Å². The molecule has 2 amide bonds. The lowest BCUT2D eigenvalue weighted by molar-refractivity contribution is -0.132. The van der Waals surface area contributed by atoms with Crippen LogP contribution in [0.3, 0.4) is 0 Å². The van der Waals surface area contributed by atoms with E-state index >= 15 is 0 Å². The number of halogens is 2. The molecule has 0 unspecified atom stereocenters. The predicted octanol–water partition coefficient (Wildman–Crippen LogP) is 2.70. The Kier molecular flexibility index (Phi) is 5.94. The van der Waals surface area contributed by atoms with Gasteiger partial charge >= 0.3 is 0 Å². The van der Waals surface area contributed by atoms with Crippen molar-refractivity contribution in [1.29, 1.82) is 0 Å². The number of carbonyl (C=O) groups is 2. The van der Waals surface area contributed by atoms with Crippen LogP contribution in [-0.4, -0.2) is 58.6 Å². The van der Waals surface area contributed by atoms with Gasteiger partial charge in [0.1, 0.15) is 17.3 Å². The van der Waals surface area contributed by atoms with E-state index in [9.17, 15) is 14.0 Å². The molecule has 30 heavy (non-hydrogen) atoms. The van der Waals surface area contributed by atoms with E-state index in [0.717, 1.165) is 11.4 Å². The summed E-state index contributed by atoms with van der Waals surface area (Å²) in [5.74, 6) is 0.207. The minimum absolute atomic E-state index is 0.143. The Morgan fingerprint density at radius 1 is 1.03 bits per heavy atom. The summed E-state index contributed by atoms with van der Waals surface area (Å²) in [5.41, 5.74) is 1.14. The van der Waals surface area contributed by atoms with Crippen LogP contribution in [0.1, 0.15) is 18.4 Å². The number of aromatic nitrogens is 1. The summed E-state index contributed by atoms with van der Waals surface area (Å²) in [4.78, 5) is 33.4. The Balaban J connectivity index is 1.39. The third kappa shape index (κ3) is 4.59. The van der Waals surface area contributed by atoms with Gasteiger partial charge in [0.2, 0.25) is 5.91 Å². The number of nitrogens with zero attached hydrogens (tertiary/aromatic N) is 5. The Bertz CT molecular complexity index is 956. The zero-order valence-electron chi connectivity index (χ0n) is 16.3. The molecular weight excluding hydrogens is 409 g/mol. The van der Waals surface area contributed by atoms with Gasteiger partial charge in [0.15, 0.2) is 0 Å². The number of rotatable bonds is 4. The minimum atomic E-state index is -0.337. The maximum absolute atomic E-state index is 13.1. The van der Waals surface area contributed by atoms with Gasteiger partial charge in [0.05, 0.1) is 11.6 Å². The Labute approximate surface area is 178 Å². The highest BCUT2D eigenvalue weighted by molar-refractivity contribution is 6.39. The summed E-state index contributed by atoms with van der Waals surface area (Å²) in [7, 11) is 0. The van der Waals surface area contributed by atoms with E-state index in [1.807, 2.05) is 6.07 Å². The first-order valence-electron chi connectivity index (χ1n) is 9.77. The SMILES string of the molecule is O=C(C1=NN(Cc2ccc(F)cc2)C(=O)CC1)N1CCN(c2ccc(Cl)cn2)CC1. The molecule has 0 saturated carbocycles. The normalized spacial score (nSPS) is 17.2. The van der Waals surface area contributed by atoms with Crippen LogP contribution in [0.15, 0.2) is 47.7 Å². The van der Waals surface area contributed by atoms with E-state index in [1.165, 1.54) is 17.1 Å². The number of piperazine rings is 1. The van der Waals surface area contributed by atoms with Crippen LogP contribution in [0.4, 0.5) is 10.2 Å². The first-order chi connectivity index (χ1) is 14.5. The summed E-state index contributed by atoms with van der Waals surface area (Å²) in [5, 5.41) is 6.21. The molecule has 7 nitrogen and oxygen atoms in total. The Morgan fingerprint density at radius 2 is 1.77 bits per heavy atom. The molecule has 9 heteroatoms. The van der Waals surface area contributed by atoms with Crippen LogP contribution in [0.5, 0.6) is 0 Å². The first kappa shape index (κ1) is 20.3. The second-order valence-electron chi connectivity index (χ2n) is 7.24. The largest absolute Gasteiger partial charge is 0.353 e. The van der Waals surface area contributed by atoms with Crippen molar-refractivity contribution in [1.82, 2.24) is 14.9 Å². The van der Waals surface area contributed by atoms with Crippen LogP contribution in [0.2, 0.25) is 5.02 Å². The summed E-state index contributed by atoms with van der Waals surface area (Å²) < 4.78 is 13.1. The number of anilines is 1. The highest BCUT2D eigenvalue weighted by atomic mass is 35.5. The highest BCUT2D eigenvalue weighted by Gasteiger charge is 2.29. The summed E-state index contributed by atoms with van der Waals surface area (Å²) in [6.07, 6.45) is 2.18. The molecule has 0 spiro atoms. The van der Waals surface area contributed by atoms with Gasteiger partial charge in [0, 0.05) is 45.2 Å². The number of benzene rings is 1. The van der Waals surface area contributed by atoms with Gasteiger partial charge in [-0.1, -0.05) is 23.7 Å². The molecule has 0 radical (unpaired) electrons. The third-order valence-electron chi connectivity index (χ3n) is 5.20. The van der Waals surface area contributed by atoms with Crippen LogP contribution in [0, 0.1) is 5.82 Å². The molecule has 0 aliphatic carbocycles. The second-order valence-corrected chi connectivity index (χ2v) is 7.67. The number of amides is 2. The van der Waals surface area contributed by atoms with Gasteiger partial charge in [-0.3, -0.25) is 9.59 Å². The van der Waals surface area contributed by atoms with Gasteiger partial charge in [-0.25, -0.2) is 14.4 Å². The van der Waals surface area contributed by atoms with Crippen molar-refractivity contribution in [3.05, 3.63) is 59.0 Å². The Hall–Kier alpha value is -3.00. The van der Waals surface area contributed by atoms with E-state index in [1.54, 1.807) is 29.3 Å². The lowest BCUT2D eigenvalue weighted by Crippen LogP contribution is -2.51. The molecule has 2 aliphatic rings. The van der Waals surface area contributed by atoms with Crippen molar-refractivity contribution >= 4 is 34.9 Å². The van der Waals surface area contributed by atoms with Gasteiger partial charge in [0.25, 0.3) is 5.91 Å². The van der Waals surface area contributed by atoms with Gasteiger partial charge in [-0.05, 0) is 29.8 Å². The van der Waals surface area contributed by atoms with E-state index in [0.29, 0.717) is 43.3 Å². The minimum Gasteiger partial charge on any atom is -0.353 e. The average molecular weight is 430 g/mol. The van der Waals surface area contributed by atoms with E-state index < -0.39 is 0 Å². The number of hydrogen-bond acceptors (Lipinski definition) is 5. The molecule has 3 heterocycles. The molecule has 1 aromatic heterocycles. The standard InChI is InChI=1S/C21H21ClFN5O2/c22-16-3-7-19(24-13-16)26-9-11-27(12-10-26)21(30)18-6-8-20(29)28(25-18)14-15-1-4-17(23)5-2-15/h1-5,7,13H,6,8-12,14H2. The quantitative estimate of drug-likeness (QED) is 0.749. The van der Waals surface area contributed by atoms with E-state index in [2.05, 4.69) is 15.0 Å². The molecule has 1 fully saturated rings. The Morgan fingerprint density at radius 3 is 2.43 bits per heavy atom. The summed E-state index contributed by atoms with van der Waals surface area (Å²) >= 11 is 5.89. The summed E-state index contributed by atoms with van der Waals surface area (Å²) in [6, 6.07) is 9.56. The first-order valence-corrected chi connectivity index (χ1v) is 10.2. The van der Waals surface area contributed by atoms with Crippen molar-refractivity contribution in [3.8, 4) is 0 Å². The van der Waals surface area contributed by atoms with Crippen molar-refractivity contribution in [3.63, 3.8) is 0 Å². The lowest BCUT2D eigenvalue weighted by atomic mass is 10.1. The second kappa shape index (κ2) is 8.79. The zero-order chi connectivity index (χ0) is 21.1. The molecule has 156 valence electrons. The van der Waals surface area contributed by atoms with Crippen LogP contribution in [0.25, 0.3) is 0 Å². The molecule has 4 rings (SSSR count). The van der Waals surface area contributed by atoms with Gasteiger partial charge in [-0.15, -0.1) is 0 Å². The molecular formula is C21H21ClFN5O2. The summed E-state index contributed by atoms with van der Waals surface area (Å²) in [6.45, 7) is 2.63. The fourth-order valence-corrected chi connectivity index (χ4v) is 3.63. The molecule has 0 N–H and O–H groups in total. The number of carbonyl (C=O) groups excluding carboxylic acids is 2. The fraction of sp³-hybridized carbons (Fsp3) is 0.333. The van der Waals surface area contributed by atoms with Gasteiger partial charge < -0.3 is 9.80 Å². The third-order valence-corrected chi connectivity index (χ3v) is 5.42. The molecule has 1 aromatic carbocycles. The van der Waals surface area contributed by atoms with Crippen LogP contribution >= 0.6 is 11.6 Å². The molecule has 1 saturated heterocycles. The molecule has 2 aromatic rings. The van der Waals surface area contributed by atoms with Crippen LogP contribution in [-0.2, 0) is 16.1 Å². The number of pyridine rings is 1. The highest BCUT2D eigenvalue weighted by Crippen LogP contribution is 2.18. The van der Waals surface area contributed by atoms with Crippen molar-refractivity contribution in [2.75, 3.05) is 31.1 Å². The van der Waals surface area contributed by atoms with Crippen molar-refractivity contribution in [2.45, 2.75) is 19.4 Å². The maximum atomic E-state index is 13.1. The maximum Gasteiger partial charge on any atom is 0.270 e. The zero-order valence-corrected chi connectivity index (χ0v) is 17.1. The monoisotopic (exact) mass is 429 g/mol. The van der Waals surface area contributed by atoms with E-state index in [-0.39, 0.29) is 30.6 Å².